The maximum Gasteiger partial charge on any atom is 0.259 e. The van der Waals surface area contributed by atoms with Crippen molar-refractivity contribution in [2.24, 2.45) is 4.99 Å². The SMILES string of the molecule is C=C1CN=C2N(Cc3ccc(C)cc3)C(=O)C3=C(CCN(Cc4ccc(I)cc4)C3)N2C1. The van der Waals surface area contributed by atoms with E-state index in [1.165, 1.54) is 14.7 Å². The van der Waals surface area contributed by atoms with Crippen LogP contribution >= 0.6 is 22.6 Å². The van der Waals surface area contributed by atoms with E-state index < -0.39 is 0 Å². The van der Waals surface area contributed by atoms with E-state index in [1.807, 2.05) is 4.90 Å². The molecule has 0 saturated heterocycles. The second-order valence-corrected chi connectivity index (χ2v) is 10.1. The van der Waals surface area contributed by atoms with Crippen molar-refractivity contribution in [1.82, 2.24) is 14.7 Å². The van der Waals surface area contributed by atoms with E-state index in [4.69, 9.17) is 4.99 Å². The molecule has 3 heterocycles. The molecule has 0 N–H and O–H groups in total. The van der Waals surface area contributed by atoms with Crippen molar-refractivity contribution in [3.8, 4) is 0 Å². The quantitative estimate of drug-likeness (QED) is 0.430. The number of halogens is 1. The Hall–Kier alpha value is -2.45. The average molecular weight is 538 g/mol. The number of hydrogen-bond acceptors (Lipinski definition) is 4. The summed E-state index contributed by atoms with van der Waals surface area (Å²) in [5, 5.41) is 0. The Morgan fingerprint density at radius 3 is 2.44 bits per heavy atom. The van der Waals surface area contributed by atoms with E-state index in [-0.39, 0.29) is 5.91 Å². The van der Waals surface area contributed by atoms with E-state index >= 15 is 0 Å². The van der Waals surface area contributed by atoms with Crippen molar-refractivity contribution in [2.75, 3.05) is 26.2 Å². The van der Waals surface area contributed by atoms with Crippen LogP contribution in [0.25, 0.3) is 0 Å². The summed E-state index contributed by atoms with van der Waals surface area (Å²) in [7, 11) is 0. The third kappa shape index (κ3) is 4.26. The molecule has 3 aliphatic rings. The molecule has 0 atom stereocenters. The van der Waals surface area contributed by atoms with Crippen molar-refractivity contribution in [3.63, 3.8) is 0 Å². The highest BCUT2D eigenvalue weighted by Gasteiger charge is 2.40. The Morgan fingerprint density at radius 2 is 1.69 bits per heavy atom. The van der Waals surface area contributed by atoms with Gasteiger partial charge in [0.05, 0.1) is 18.7 Å². The van der Waals surface area contributed by atoms with Crippen LogP contribution in [0.2, 0.25) is 0 Å². The van der Waals surface area contributed by atoms with Crippen LogP contribution in [0.15, 0.2) is 76.9 Å². The molecule has 0 unspecified atom stereocenters. The van der Waals surface area contributed by atoms with Crippen molar-refractivity contribution in [2.45, 2.75) is 26.4 Å². The van der Waals surface area contributed by atoms with E-state index in [2.05, 4.69) is 94.4 Å². The summed E-state index contributed by atoms with van der Waals surface area (Å²) < 4.78 is 1.24. The van der Waals surface area contributed by atoms with Crippen LogP contribution in [-0.2, 0) is 17.9 Å². The molecule has 2 aromatic rings. The number of rotatable bonds is 4. The Balaban J connectivity index is 1.43. The Morgan fingerprint density at radius 1 is 1.00 bits per heavy atom. The summed E-state index contributed by atoms with van der Waals surface area (Å²) in [6.45, 7) is 10.6. The number of aryl methyl sites for hydroxylation is 1. The van der Waals surface area contributed by atoms with Gasteiger partial charge in [-0.2, -0.15) is 0 Å². The zero-order chi connectivity index (χ0) is 22.2. The molecule has 6 heteroatoms. The lowest BCUT2D eigenvalue weighted by atomic mass is 9.98. The number of nitrogens with zero attached hydrogens (tertiary/aromatic N) is 4. The molecule has 0 radical (unpaired) electrons. The number of aliphatic imine (C=N–C) groups is 1. The fourth-order valence-electron chi connectivity index (χ4n) is 4.61. The second-order valence-electron chi connectivity index (χ2n) is 8.84. The third-order valence-corrected chi connectivity index (χ3v) is 7.03. The lowest BCUT2D eigenvalue weighted by Crippen LogP contribution is -2.56. The number of carbonyl (C=O) groups is 1. The highest BCUT2D eigenvalue weighted by Crippen LogP contribution is 2.32. The highest BCUT2D eigenvalue weighted by atomic mass is 127. The topological polar surface area (TPSA) is 39.2 Å². The van der Waals surface area contributed by atoms with E-state index in [9.17, 15) is 4.79 Å². The third-order valence-electron chi connectivity index (χ3n) is 6.31. The summed E-state index contributed by atoms with van der Waals surface area (Å²) >= 11 is 2.33. The first-order valence-electron chi connectivity index (χ1n) is 11.0. The molecule has 0 aromatic heterocycles. The predicted molar refractivity (Wildman–Crippen MR) is 136 cm³/mol. The Kier molecular flexibility index (Phi) is 5.90. The molecular formula is C26H27IN4O. The summed E-state index contributed by atoms with van der Waals surface area (Å²) in [6, 6.07) is 17.0. The molecule has 5 nitrogen and oxygen atoms in total. The largest absolute Gasteiger partial charge is 0.311 e. The first-order valence-corrected chi connectivity index (χ1v) is 12.1. The molecule has 0 bridgehead atoms. The monoisotopic (exact) mass is 538 g/mol. The fourth-order valence-corrected chi connectivity index (χ4v) is 4.97. The average Bonchev–Trinajstić information content (AvgIpc) is 2.79. The summed E-state index contributed by atoms with van der Waals surface area (Å²) in [5.74, 6) is 0.878. The van der Waals surface area contributed by atoms with Gasteiger partial charge in [-0.15, -0.1) is 0 Å². The molecule has 0 fully saturated rings. The van der Waals surface area contributed by atoms with E-state index in [0.717, 1.165) is 54.4 Å². The van der Waals surface area contributed by atoms with E-state index in [0.29, 0.717) is 19.6 Å². The minimum atomic E-state index is 0.0930. The molecule has 2 aromatic carbocycles. The van der Waals surface area contributed by atoms with Crippen LogP contribution in [0.4, 0.5) is 0 Å². The van der Waals surface area contributed by atoms with Gasteiger partial charge in [0.25, 0.3) is 5.91 Å². The van der Waals surface area contributed by atoms with E-state index in [1.54, 1.807) is 0 Å². The van der Waals surface area contributed by atoms with Crippen LogP contribution in [0, 0.1) is 10.5 Å². The normalized spacial score (nSPS) is 19.1. The maximum absolute atomic E-state index is 13.7. The molecule has 5 rings (SSSR count). The van der Waals surface area contributed by atoms with Gasteiger partial charge in [-0.3, -0.25) is 14.6 Å². The molecule has 0 spiro atoms. The van der Waals surface area contributed by atoms with Crippen LogP contribution < -0.4 is 0 Å². The van der Waals surface area contributed by atoms with Gasteiger partial charge < -0.3 is 4.90 Å². The van der Waals surface area contributed by atoms with Gasteiger partial charge in [-0.25, -0.2) is 4.99 Å². The molecule has 164 valence electrons. The van der Waals surface area contributed by atoms with Crippen LogP contribution in [-0.4, -0.2) is 52.7 Å². The van der Waals surface area contributed by atoms with Crippen LogP contribution in [0.1, 0.15) is 23.1 Å². The lowest BCUT2D eigenvalue weighted by Gasteiger charge is -2.45. The number of fused-ring (bicyclic) bond motifs is 2. The van der Waals surface area contributed by atoms with Crippen LogP contribution in [0.3, 0.4) is 0 Å². The molecule has 0 aliphatic carbocycles. The van der Waals surface area contributed by atoms with Gasteiger partial charge in [0.15, 0.2) is 0 Å². The number of benzene rings is 2. The number of hydrogen-bond donors (Lipinski definition) is 0. The molecule has 32 heavy (non-hydrogen) atoms. The predicted octanol–water partition coefficient (Wildman–Crippen LogP) is 4.33. The van der Waals surface area contributed by atoms with Gasteiger partial charge >= 0.3 is 0 Å². The zero-order valence-electron chi connectivity index (χ0n) is 18.4. The summed E-state index contributed by atoms with van der Waals surface area (Å²) in [4.78, 5) is 25.0. The number of carbonyl (C=O) groups excluding carboxylic acids is 1. The molecule has 3 aliphatic heterocycles. The van der Waals surface area contributed by atoms with Gasteiger partial charge in [-0.05, 0) is 58.3 Å². The first-order chi connectivity index (χ1) is 15.5. The van der Waals surface area contributed by atoms with Crippen molar-refractivity contribution >= 4 is 34.5 Å². The highest BCUT2D eigenvalue weighted by molar-refractivity contribution is 14.1. The number of amides is 1. The minimum absolute atomic E-state index is 0.0930. The Bertz CT molecular complexity index is 1120. The maximum atomic E-state index is 13.7. The number of guanidine groups is 1. The van der Waals surface area contributed by atoms with Gasteiger partial charge in [0, 0.05) is 41.9 Å². The molecule has 0 saturated carbocycles. The Labute approximate surface area is 203 Å². The smallest absolute Gasteiger partial charge is 0.259 e. The summed E-state index contributed by atoms with van der Waals surface area (Å²) in [6.07, 6.45) is 0.857. The first kappa shape index (κ1) is 21.4. The second kappa shape index (κ2) is 8.83. The molecular weight excluding hydrogens is 511 g/mol. The molecule has 1 amide bonds. The van der Waals surface area contributed by atoms with Gasteiger partial charge in [-0.1, -0.05) is 48.5 Å². The lowest BCUT2D eigenvalue weighted by molar-refractivity contribution is -0.125. The standard InChI is InChI=1S/C26H27IN4O/c1-18-3-5-21(6-4-18)16-31-25(32)23-17-29(15-20-7-9-22(27)10-8-20)12-11-24(23)30-14-19(2)13-28-26(30)31/h3-10H,2,11-17H2,1H3. The van der Waals surface area contributed by atoms with Crippen molar-refractivity contribution in [1.29, 1.82) is 0 Å². The van der Waals surface area contributed by atoms with Gasteiger partial charge in [0.2, 0.25) is 5.96 Å². The fraction of sp³-hybridized carbons (Fsp3) is 0.308. The van der Waals surface area contributed by atoms with Crippen molar-refractivity contribution in [3.05, 3.63) is 92.2 Å². The minimum Gasteiger partial charge on any atom is -0.311 e. The van der Waals surface area contributed by atoms with Gasteiger partial charge in [0.1, 0.15) is 0 Å². The summed E-state index contributed by atoms with van der Waals surface area (Å²) in [5.41, 5.74) is 6.74. The van der Waals surface area contributed by atoms with Crippen LogP contribution in [0.5, 0.6) is 0 Å². The van der Waals surface area contributed by atoms with Crippen molar-refractivity contribution < 1.29 is 4.79 Å². The zero-order valence-corrected chi connectivity index (χ0v) is 20.5.